The van der Waals surface area contributed by atoms with Crippen molar-refractivity contribution in [2.45, 2.75) is 151 Å². The number of fused-ring (bicyclic) bond motifs is 14. The number of allylic oxidation sites excluding steroid dienone is 8. The summed E-state index contributed by atoms with van der Waals surface area (Å²) in [6, 6.07) is 12.6. The first kappa shape index (κ1) is 52.9. The van der Waals surface area contributed by atoms with Gasteiger partial charge in [0.15, 0.2) is 46.2 Å². The number of rotatable bonds is 5. The number of hydrogen-bond donors (Lipinski definition) is 2. The van der Waals surface area contributed by atoms with Crippen molar-refractivity contribution in [2.75, 3.05) is 11.5 Å². The van der Waals surface area contributed by atoms with Crippen LogP contribution in [0, 0.1) is 79.3 Å². The number of carbonyl (C=O) groups is 4. The summed E-state index contributed by atoms with van der Waals surface area (Å²) >= 11 is 1.61. The molecule has 2 heterocycles. The van der Waals surface area contributed by atoms with Crippen LogP contribution in [0.25, 0.3) is 0 Å². The van der Waals surface area contributed by atoms with E-state index in [4.69, 9.17) is 24.2 Å². The Morgan fingerprint density at radius 1 is 0.703 bits per heavy atom. The fraction of sp³-hybridized carbons (Fsp3) is 0.618. The third-order valence-corrected chi connectivity index (χ3v) is 21.1. The lowest BCUT2D eigenvalue weighted by molar-refractivity contribution is -0.246. The number of ketones is 2. The molecule has 1 unspecified atom stereocenters. The summed E-state index contributed by atoms with van der Waals surface area (Å²) in [5.74, 6) is -5.16. The van der Waals surface area contributed by atoms with E-state index in [1.54, 1.807) is 58.9 Å². The molecule has 392 valence electrons. The summed E-state index contributed by atoms with van der Waals surface area (Å²) < 4.78 is 91.4. The Morgan fingerprint density at radius 2 is 1.19 bits per heavy atom. The molecule has 19 atom stereocenters. The Morgan fingerprint density at radius 3 is 1.69 bits per heavy atom. The number of halogens is 4. The molecular formula is C55H57F4N3O10S2. The Labute approximate surface area is 434 Å². The van der Waals surface area contributed by atoms with Crippen LogP contribution in [0.2, 0.25) is 0 Å². The van der Waals surface area contributed by atoms with Gasteiger partial charge in [0, 0.05) is 39.1 Å². The van der Waals surface area contributed by atoms with Crippen molar-refractivity contribution in [3.8, 4) is 18.2 Å². The predicted octanol–water partition coefficient (Wildman–Crippen LogP) is 8.01. The molecule has 8 aliphatic carbocycles. The first-order valence-electron chi connectivity index (χ1n) is 24.9. The van der Waals surface area contributed by atoms with E-state index in [1.165, 1.54) is 31.2 Å². The van der Waals surface area contributed by atoms with Gasteiger partial charge in [0.1, 0.15) is 12.3 Å². The quantitative estimate of drug-likeness (QED) is 0.267. The molecule has 0 amide bonds. The number of ether oxygens (including phenoxy) is 4. The van der Waals surface area contributed by atoms with Crippen molar-refractivity contribution in [1.29, 1.82) is 15.8 Å². The zero-order valence-corrected chi connectivity index (χ0v) is 43.2. The van der Waals surface area contributed by atoms with Gasteiger partial charge in [-0.1, -0.05) is 61.7 Å². The maximum absolute atomic E-state index is 17.5. The van der Waals surface area contributed by atoms with Crippen LogP contribution in [0.1, 0.15) is 97.5 Å². The molecule has 0 bridgehead atoms. The van der Waals surface area contributed by atoms with E-state index < -0.39 is 133 Å². The monoisotopic (exact) mass is 1060 g/mol. The number of benzene rings is 1. The molecule has 8 fully saturated rings. The average Bonchev–Trinajstić information content (AvgIpc) is 4.03. The SMILES string of the molecule is CC1(C)O[C@@H]2C[C@H]3[C@@H]4C[C@H](F)C5=CC(=O)C=C[C@]5(C)[C@@]4(F)[C@@H](O)C[C@]3(C)[C@]2(C(=O)SCC#N)O1.C[C@]12C=CC(=O)C=C1[C@@H](F)C[C@H]1[C@@H]3C[C@H]4OC(c5cccc(C#N)c5)O[C@@]4(C(=O)SCC#N)[C@@]3(C)C[C@H](O)[C@@]12F. The second-order valence-corrected chi connectivity index (χ2v) is 24.9. The van der Waals surface area contributed by atoms with Crippen LogP contribution in [0.5, 0.6) is 0 Å². The lowest BCUT2D eigenvalue weighted by atomic mass is 9.44. The number of thioether (sulfide) groups is 2. The van der Waals surface area contributed by atoms with Crippen LogP contribution < -0.4 is 0 Å². The number of aliphatic hydroxyl groups is 2. The van der Waals surface area contributed by atoms with Crippen LogP contribution >= 0.6 is 23.5 Å². The molecule has 0 radical (unpaired) electrons. The molecule has 11 rings (SSSR count). The standard InChI is InChI=1S/C30H28F2N2O5S.C25H29F2NO5S/c1-27-7-6-18(35)11-21(27)22(31)12-20-19-13-24-30(26(37)40-9-8-33,28(19,2)14-23(36)29(20,27)32)39-25(38-24)17-5-3-4-16(10-17)15-34;1-21(2)32-19-11-14-15-10-17(26)16-9-13(29)5-6-22(16,3)24(15,27)18(30)12-23(14,4)25(19,33-21)20(31)34-8-7-28/h3-7,10-11,19-20,22-25,36H,9,12-14H2,1-2H3;5-6,9,14-15,17-19,30H,8,10-12H2,1-4H3/t19-,20-,22-,23-,24+,25?,27-,28-,29-,30-;14-,15-,17-,18-,19+,22-,23-,24-,25-/m00/s1. The Kier molecular flexibility index (Phi) is 12.5. The van der Waals surface area contributed by atoms with Gasteiger partial charge in [-0.3, -0.25) is 19.2 Å². The Bertz CT molecular complexity index is 2900. The van der Waals surface area contributed by atoms with Gasteiger partial charge in [0.25, 0.3) is 0 Å². The van der Waals surface area contributed by atoms with E-state index in [1.807, 2.05) is 12.1 Å². The van der Waals surface area contributed by atoms with Gasteiger partial charge in [-0.05, 0) is 126 Å². The zero-order chi connectivity index (χ0) is 53.6. The van der Waals surface area contributed by atoms with Crippen LogP contribution in [0.3, 0.4) is 0 Å². The smallest absolute Gasteiger partial charge is 0.225 e. The van der Waals surface area contributed by atoms with E-state index in [2.05, 4.69) is 6.07 Å². The van der Waals surface area contributed by atoms with Crippen LogP contribution in [0.15, 0.2) is 71.9 Å². The molecule has 10 aliphatic rings. The van der Waals surface area contributed by atoms with Gasteiger partial charge in [0.2, 0.25) is 10.2 Å². The minimum atomic E-state index is -2.30. The van der Waals surface area contributed by atoms with Crippen LogP contribution in [0.4, 0.5) is 17.6 Å². The third kappa shape index (κ3) is 6.80. The fourth-order valence-corrected chi connectivity index (χ4v) is 17.9. The maximum Gasteiger partial charge on any atom is 0.225 e. The molecule has 19 heteroatoms. The molecule has 0 spiro atoms. The van der Waals surface area contributed by atoms with Gasteiger partial charge in [0.05, 0.1) is 59.7 Å². The summed E-state index contributed by atoms with van der Waals surface area (Å²) in [5, 5.41) is 49.9. The van der Waals surface area contributed by atoms with Crippen molar-refractivity contribution in [1.82, 2.24) is 0 Å². The molecule has 13 nitrogen and oxygen atoms in total. The molecule has 1 aromatic carbocycles. The number of nitrogens with zero attached hydrogens (tertiary/aromatic N) is 3. The number of carbonyl (C=O) groups excluding carboxylic acids is 4. The number of hydrogen-bond acceptors (Lipinski definition) is 15. The minimum Gasteiger partial charge on any atom is -0.390 e. The van der Waals surface area contributed by atoms with E-state index in [0.29, 0.717) is 11.1 Å². The average molecular weight is 1060 g/mol. The summed E-state index contributed by atoms with van der Waals surface area (Å²) in [6.45, 7) is 10.0. The van der Waals surface area contributed by atoms with E-state index in [-0.39, 0.29) is 66.3 Å². The highest BCUT2D eigenvalue weighted by atomic mass is 32.2. The molecule has 6 saturated carbocycles. The summed E-state index contributed by atoms with van der Waals surface area (Å²) in [4.78, 5) is 51.6. The molecule has 2 saturated heterocycles. The minimum absolute atomic E-state index is 0.0277. The number of nitriles is 3. The van der Waals surface area contributed by atoms with Gasteiger partial charge in [-0.25, -0.2) is 17.6 Å². The van der Waals surface area contributed by atoms with Gasteiger partial charge in [-0.15, -0.1) is 0 Å². The maximum atomic E-state index is 17.5. The first-order chi connectivity index (χ1) is 34.7. The molecule has 74 heavy (non-hydrogen) atoms. The van der Waals surface area contributed by atoms with E-state index in [0.717, 1.165) is 35.7 Å². The summed E-state index contributed by atoms with van der Waals surface area (Å²) in [7, 11) is 0. The zero-order valence-electron chi connectivity index (χ0n) is 41.6. The Hall–Kier alpha value is -4.49. The molecule has 1 aromatic rings. The van der Waals surface area contributed by atoms with Crippen LogP contribution in [-0.4, -0.2) is 109 Å². The van der Waals surface area contributed by atoms with Crippen molar-refractivity contribution in [3.05, 3.63) is 83.0 Å². The van der Waals surface area contributed by atoms with E-state index >= 15 is 17.6 Å². The van der Waals surface area contributed by atoms with Crippen LogP contribution in [-0.2, 0) is 38.1 Å². The summed E-state index contributed by atoms with van der Waals surface area (Å²) in [5.41, 5.74) is -11.9. The fourth-order valence-electron chi connectivity index (χ4n) is 16.3. The normalized spacial score (nSPS) is 47.4. The Balaban J connectivity index is 0.000000172. The van der Waals surface area contributed by atoms with Crippen molar-refractivity contribution in [3.63, 3.8) is 0 Å². The van der Waals surface area contributed by atoms with Crippen molar-refractivity contribution in [2.24, 2.45) is 45.3 Å². The molecular weight excluding hydrogens is 1000 g/mol. The second-order valence-electron chi connectivity index (χ2n) is 23.1. The molecule has 2 aliphatic heterocycles. The highest BCUT2D eigenvalue weighted by Gasteiger charge is 2.82. The van der Waals surface area contributed by atoms with Gasteiger partial charge >= 0.3 is 0 Å². The number of aliphatic hydroxyl groups excluding tert-OH is 2. The van der Waals surface area contributed by atoms with Gasteiger partial charge < -0.3 is 29.2 Å². The number of alkyl halides is 4. The molecule has 0 aromatic heterocycles. The highest BCUT2D eigenvalue weighted by molar-refractivity contribution is 8.14. The third-order valence-electron chi connectivity index (χ3n) is 19.4. The summed E-state index contributed by atoms with van der Waals surface area (Å²) in [6.07, 6.45) is -1.62. The lowest BCUT2D eigenvalue weighted by Gasteiger charge is -2.63. The predicted molar refractivity (Wildman–Crippen MR) is 260 cm³/mol. The van der Waals surface area contributed by atoms with Crippen molar-refractivity contribution >= 4 is 45.3 Å². The van der Waals surface area contributed by atoms with Gasteiger partial charge in [-0.2, -0.15) is 15.8 Å². The van der Waals surface area contributed by atoms with Crippen molar-refractivity contribution < 1.29 is 65.9 Å². The second kappa shape index (κ2) is 17.5. The highest BCUT2D eigenvalue weighted by Crippen LogP contribution is 2.75. The van der Waals surface area contributed by atoms with E-state index in [9.17, 15) is 39.9 Å². The topological polar surface area (TPSA) is 217 Å². The first-order valence-corrected chi connectivity index (χ1v) is 26.9. The lowest BCUT2D eigenvalue weighted by Crippen LogP contribution is -2.70. The largest absolute Gasteiger partial charge is 0.390 e. The molecule has 2 N–H and O–H groups in total.